The molecule has 5 heteroatoms. The van der Waals surface area contributed by atoms with E-state index < -0.39 is 5.41 Å². The van der Waals surface area contributed by atoms with Crippen molar-refractivity contribution in [2.75, 3.05) is 7.05 Å². The van der Waals surface area contributed by atoms with Crippen LogP contribution in [0, 0.1) is 10.2 Å². The zero-order valence-corrected chi connectivity index (χ0v) is 13.5. The Hall–Kier alpha value is -1.63. The van der Waals surface area contributed by atoms with Crippen LogP contribution >= 0.6 is 0 Å². The van der Waals surface area contributed by atoms with Gasteiger partial charge < -0.3 is 0 Å². The van der Waals surface area contributed by atoms with Gasteiger partial charge >= 0.3 is 124 Å². The molecule has 104 valence electrons. The van der Waals surface area contributed by atoms with Crippen molar-refractivity contribution in [2.45, 2.75) is 31.0 Å². The second kappa shape index (κ2) is 5.40. The van der Waals surface area contributed by atoms with E-state index in [4.69, 9.17) is 5.26 Å². The van der Waals surface area contributed by atoms with Gasteiger partial charge in [-0.1, -0.05) is 0 Å². The molecule has 20 heavy (non-hydrogen) atoms. The van der Waals surface area contributed by atoms with Gasteiger partial charge in [0.25, 0.3) is 0 Å². The van der Waals surface area contributed by atoms with Crippen molar-refractivity contribution in [3.63, 3.8) is 0 Å². The van der Waals surface area contributed by atoms with Crippen LogP contribution in [0.5, 0.6) is 0 Å². The molecule has 0 aromatic heterocycles. The second-order valence-electron chi connectivity index (χ2n) is 5.11. The summed E-state index contributed by atoms with van der Waals surface area (Å²) < 4.78 is 0. The van der Waals surface area contributed by atoms with Crippen LogP contribution in [0.1, 0.15) is 35.3 Å². The molecule has 1 aliphatic heterocycles. The number of carbonyl (C=O) groups is 2. The zero-order chi connectivity index (χ0) is 14.9. The first kappa shape index (κ1) is 14.8. The minimum absolute atomic E-state index is 0.208. The van der Waals surface area contributed by atoms with E-state index in [2.05, 4.69) is 4.97 Å². The van der Waals surface area contributed by atoms with E-state index in [-0.39, 0.29) is 26.8 Å². The molecule has 0 saturated carbocycles. The Morgan fingerprint density at radius 1 is 1.40 bits per heavy atom. The number of hydrogen-bond donors (Lipinski definition) is 0. The first-order valence-electron chi connectivity index (χ1n) is 6.42. The first-order chi connectivity index (χ1) is 9.45. The number of likely N-dealkylation sites (N-methyl/N-ethyl adjacent to an activating group) is 1. The molecular weight excluding hydrogens is 319 g/mol. The summed E-state index contributed by atoms with van der Waals surface area (Å²) in [5.74, 6) is -0.463. The zero-order valence-electron chi connectivity index (χ0n) is 11.8. The van der Waals surface area contributed by atoms with Crippen molar-refractivity contribution in [1.29, 1.82) is 5.26 Å². The normalized spacial score (nSPS) is 21.6. The van der Waals surface area contributed by atoms with Crippen molar-refractivity contribution in [2.24, 2.45) is 0 Å². The number of carbonyl (C=O) groups excluding carboxylic acids is 2. The molecule has 1 aliphatic rings. The summed E-state index contributed by atoms with van der Waals surface area (Å²) in [4.78, 5) is 28.1. The third-order valence-corrected chi connectivity index (χ3v) is 5.61. The molecule has 2 rings (SSSR count). The predicted molar refractivity (Wildman–Crippen MR) is 76.4 cm³/mol. The Balaban J connectivity index is 2.64. The number of fused-ring (bicyclic) bond motifs is 1. The Morgan fingerprint density at radius 3 is 2.70 bits per heavy atom. The Bertz CT molecular complexity index is 621. The fourth-order valence-corrected chi connectivity index (χ4v) is 3.86. The van der Waals surface area contributed by atoms with E-state index in [1.807, 2.05) is 26.0 Å². The summed E-state index contributed by atoms with van der Waals surface area (Å²) in [6.07, 6.45) is 0.852. The fourth-order valence-electron chi connectivity index (χ4n) is 2.53. The molecule has 0 radical (unpaired) electrons. The second-order valence-corrected chi connectivity index (χ2v) is 6.71. The average Bonchev–Trinajstić information content (AvgIpc) is 2.48. The van der Waals surface area contributed by atoms with E-state index in [0.29, 0.717) is 10.9 Å². The van der Waals surface area contributed by atoms with E-state index in [0.717, 1.165) is 17.5 Å². The van der Waals surface area contributed by atoms with Crippen molar-refractivity contribution in [3.05, 3.63) is 34.9 Å². The van der Waals surface area contributed by atoms with Crippen molar-refractivity contribution < 1.29 is 9.59 Å². The monoisotopic (exact) mass is 336 g/mol. The molecule has 4 nitrogen and oxygen atoms in total. The molecule has 1 aromatic carbocycles. The van der Waals surface area contributed by atoms with Crippen molar-refractivity contribution in [3.8, 4) is 4.97 Å². The van der Waals surface area contributed by atoms with Crippen LogP contribution in [-0.4, -0.2) is 38.7 Å². The van der Waals surface area contributed by atoms with Gasteiger partial charge in [0, 0.05) is 0 Å². The van der Waals surface area contributed by atoms with Gasteiger partial charge in [-0.05, 0) is 0 Å². The summed E-state index contributed by atoms with van der Waals surface area (Å²) in [6, 6.07) is 5.68. The first-order valence-corrected chi connectivity index (χ1v) is 8.49. The SMILES string of the molecule is CCc1ccc2c(c1)C(C)(C[Se]C#N)C(=O)N(C)C2=O. The van der Waals surface area contributed by atoms with E-state index in [1.165, 1.54) is 11.9 Å². The van der Waals surface area contributed by atoms with Crippen LogP contribution in [0.2, 0.25) is 5.32 Å². The summed E-state index contributed by atoms with van der Waals surface area (Å²) >= 11 is -0.273. The van der Waals surface area contributed by atoms with E-state index in [1.54, 1.807) is 6.07 Å². The van der Waals surface area contributed by atoms with Gasteiger partial charge in [0.15, 0.2) is 0 Å². The summed E-state index contributed by atoms with van der Waals surface area (Å²) in [6.45, 7) is 3.88. The molecule has 0 aliphatic carbocycles. The number of hydrogen-bond acceptors (Lipinski definition) is 3. The predicted octanol–water partition coefficient (Wildman–Crippen LogP) is 1.72. The van der Waals surface area contributed by atoms with Crippen LogP contribution in [0.3, 0.4) is 0 Å². The number of rotatable bonds is 3. The Morgan fingerprint density at radius 2 is 2.10 bits per heavy atom. The van der Waals surface area contributed by atoms with Gasteiger partial charge in [0.1, 0.15) is 0 Å². The summed E-state index contributed by atoms with van der Waals surface area (Å²) in [7, 11) is 1.51. The minimum atomic E-state index is -0.765. The molecule has 0 spiro atoms. The summed E-state index contributed by atoms with van der Waals surface area (Å²) in [5.41, 5.74) is 1.70. The van der Waals surface area contributed by atoms with Gasteiger partial charge in [-0.2, -0.15) is 0 Å². The van der Waals surface area contributed by atoms with Crippen molar-refractivity contribution in [1.82, 2.24) is 4.90 Å². The molecule has 0 bridgehead atoms. The van der Waals surface area contributed by atoms with Gasteiger partial charge in [-0.25, -0.2) is 0 Å². The van der Waals surface area contributed by atoms with Crippen LogP contribution in [0.4, 0.5) is 0 Å². The average molecular weight is 335 g/mol. The molecule has 1 unspecified atom stereocenters. The molecule has 1 heterocycles. The van der Waals surface area contributed by atoms with E-state index >= 15 is 0 Å². The number of nitriles is 1. The van der Waals surface area contributed by atoms with Gasteiger partial charge in [-0.15, -0.1) is 0 Å². The maximum absolute atomic E-state index is 12.5. The molecule has 0 saturated heterocycles. The Labute approximate surface area is 124 Å². The van der Waals surface area contributed by atoms with Crippen LogP contribution in [-0.2, 0) is 16.6 Å². The number of benzene rings is 1. The fraction of sp³-hybridized carbons (Fsp3) is 0.400. The molecule has 1 atom stereocenters. The quantitative estimate of drug-likeness (QED) is 0.624. The number of amides is 2. The molecule has 1 aromatic rings. The van der Waals surface area contributed by atoms with Gasteiger partial charge in [0.2, 0.25) is 0 Å². The molecule has 2 amide bonds. The van der Waals surface area contributed by atoms with Crippen LogP contribution in [0.25, 0.3) is 0 Å². The van der Waals surface area contributed by atoms with E-state index in [9.17, 15) is 9.59 Å². The third-order valence-electron chi connectivity index (χ3n) is 3.82. The summed E-state index contributed by atoms with van der Waals surface area (Å²) in [5, 5.41) is 9.34. The number of imide groups is 1. The standard InChI is InChI=1S/C15H16N2O2Se/c1-4-10-5-6-11-12(7-10)15(2,8-20-9-16)14(19)17(3)13(11)18/h5-7H,4,8H2,1-3H3. The van der Waals surface area contributed by atoms with Crippen LogP contribution < -0.4 is 0 Å². The van der Waals surface area contributed by atoms with Crippen molar-refractivity contribution >= 4 is 26.8 Å². The number of aryl methyl sites for hydroxylation is 1. The van der Waals surface area contributed by atoms with Gasteiger partial charge in [-0.3, -0.25) is 0 Å². The Kier molecular flexibility index (Phi) is 3.99. The number of nitrogens with zero attached hydrogens (tertiary/aromatic N) is 2. The molecule has 0 N–H and O–H groups in total. The third kappa shape index (κ3) is 2.15. The van der Waals surface area contributed by atoms with Gasteiger partial charge in [0.05, 0.1) is 0 Å². The maximum atomic E-state index is 12.5. The molecule has 0 fully saturated rings. The topological polar surface area (TPSA) is 61.2 Å². The molecular formula is C15H16N2O2Se. The van der Waals surface area contributed by atoms with Crippen LogP contribution in [0.15, 0.2) is 18.2 Å².